The van der Waals surface area contributed by atoms with Gasteiger partial charge >= 0.3 is 6.18 Å². The van der Waals surface area contributed by atoms with Gasteiger partial charge in [0.05, 0.1) is 23.7 Å². The highest BCUT2D eigenvalue weighted by molar-refractivity contribution is 7.18. The molecule has 0 bridgehead atoms. The number of hydrogen-bond acceptors (Lipinski definition) is 7. The van der Waals surface area contributed by atoms with Crippen molar-refractivity contribution in [3.8, 4) is 0 Å². The van der Waals surface area contributed by atoms with Crippen LogP contribution >= 0.6 is 11.3 Å². The van der Waals surface area contributed by atoms with E-state index in [1.165, 1.54) is 6.33 Å². The van der Waals surface area contributed by atoms with E-state index in [2.05, 4.69) is 43.2 Å². The minimum Gasteiger partial charge on any atom is -0.356 e. The lowest BCUT2D eigenvalue weighted by Crippen LogP contribution is -2.52. The Morgan fingerprint density at radius 2 is 2.06 bits per heavy atom. The fraction of sp³-hybridized carbons (Fsp3) is 0.591. The van der Waals surface area contributed by atoms with Crippen molar-refractivity contribution in [3.63, 3.8) is 0 Å². The third-order valence-corrected chi connectivity index (χ3v) is 7.73. The fourth-order valence-electron chi connectivity index (χ4n) is 5.08. The second-order valence-corrected chi connectivity index (χ2v) is 10.2. The van der Waals surface area contributed by atoms with E-state index in [1.54, 1.807) is 6.07 Å². The molecule has 5 rings (SSSR count). The highest BCUT2D eigenvalue weighted by atomic mass is 32.1. The van der Waals surface area contributed by atoms with Gasteiger partial charge in [-0.15, -0.1) is 11.3 Å². The molecule has 2 fully saturated rings. The molecule has 178 valence electrons. The Hall–Kier alpha value is -2.24. The van der Waals surface area contributed by atoms with Crippen LogP contribution in [0.15, 0.2) is 24.7 Å². The van der Waals surface area contributed by atoms with Gasteiger partial charge in [0.25, 0.3) is 0 Å². The maximum atomic E-state index is 12.9. The van der Waals surface area contributed by atoms with Crippen LogP contribution in [-0.4, -0.2) is 62.7 Å². The number of thiophene rings is 1. The van der Waals surface area contributed by atoms with Gasteiger partial charge in [-0.1, -0.05) is 0 Å². The zero-order valence-electron chi connectivity index (χ0n) is 18.7. The number of hydrogen-bond donors (Lipinski definition) is 1. The van der Waals surface area contributed by atoms with E-state index < -0.39 is 12.6 Å². The van der Waals surface area contributed by atoms with Gasteiger partial charge in [0.15, 0.2) is 0 Å². The Morgan fingerprint density at radius 1 is 1.21 bits per heavy atom. The number of aromatic nitrogens is 4. The number of alkyl halides is 3. The molecule has 0 aliphatic carbocycles. The van der Waals surface area contributed by atoms with Crippen LogP contribution in [0, 0.1) is 5.92 Å². The molecule has 0 unspecified atom stereocenters. The van der Waals surface area contributed by atoms with Crippen molar-refractivity contribution in [1.82, 2.24) is 30.0 Å². The van der Waals surface area contributed by atoms with Gasteiger partial charge < -0.3 is 4.90 Å². The summed E-state index contributed by atoms with van der Waals surface area (Å²) >= 11 is 1.11. The second-order valence-electron chi connectivity index (χ2n) is 9.10. The van der Waals surface area contributed by atoms with Crippen molar-refractivity contribution in [1.29, 1.82) is 0 Å². The molecule has 11 heteroatoms. The quantitative estimate of drug-likeness (QED) is 0.618. The van der Waals surface area contributed by atoms with Crippen molar-refractivity contribution in [3.05, 3.63) is 35.2 Å². The lowest BCUT2D eigenvalue weighted by molar-refractivity contribution is -0.126. The normalized spacial score (nSPS) is 24.8. The Labute approximate surface area is 194 Å². The minimum atomic E-state index is -4.23. The van der Waals surface area contributed by atoms with Crippen LogP contribution in [0.1, 0.15) is 30.3 Å². The van der Waals surface area contributed by atoms with E-state index in [4.69, 9.17) is 0 Å². The summed E-state index contributed by atoms with van der Waals surface area (Å²) in [6.07, 6.45) is 0.555. The average Bonchev–Trinajstić information content (AvgIpc) is 3.31. The summed E-state index contributed by atoms with van der Waals surface area (Å²) in [5.41, 5.74) is 1.06. The number of piperidine rings is 1. The van der Waals surface area contributed by atoms with Crippen molar-refractivity contribution in [2.75, 3.05) is 24.5 Å². The van der Waals surface area contributed by atoms with E-state index >= 15 is 0 Å². The van der Waals surface area contributed by atoms with Crippen LogP contribution in [0.2, 0.25) is 0 Å². The summed E-state index contributed by atoms with van der Waals surface area (Å²) in [6.45, 7) is 5.63. The highest BCUT2D eigenvalue weighted by Gasteiger charge is 2.35. The predicted molar refractivity (Wildman–Crippen MR) is 122 cm³/mol. The van der Waals surface area contributed by atoms with Crippen molar-refractivity contribution in [2.45, 2.75) is 51.1 Å². The average molecular weight is 480 g/mol. The van der Waals surface area contributed by atoms with Crippen molar-refractivity contribution >= 4 is 27.4 Å². The van der Waals surface area contributed by atoms with E-state index in [1.807, 2.05) is 17.9 Å². The van der Waals surface area contributed by atoms with Crippen LogP contribution in [0.3, 0.4) is 0 Å². The summed E-state index contributed by atoms with van der Waals surface area (Å²) < 4.78 is 40.5. The smallest absolute Gasteiger partial charge is 0.356 e. The van der Waals surface area contributed by atoms with E-state index in [-0.39, 0.29) is 11.0 Å². The first-order chi connectivity index (χ1) is 15.7. The van der Waals surface area contributed by atoms with Gasteiger partial charge in [0.1, 0.15) is 17.0 Å². The van der Waals surface area contributed by atoms with Gasteiger partial charge in [-0.3, -0.25) is 14.9 Å². The number of anilines is 1. The molecule has 2 saturated heterocycles. The Balaban J connectivity index is 1.31. The molecule has 3 aromatic rings. The first kappa shape index (κ1) is 22.5. The lowest BCUT2D eigenvalue weighted by Gasteiger charge is -2.39. The van der Waals surface area contributed by atoms with E-state index in [9.17, 15) is 13.2 Å². The molecule has 33 heavy (non-hydrogen) atoms. The van der Waals surface area contributed by atoms with E-state index in [0.717, 1.165) is 67.3 Å². The first-order valence-corrected chi connectivity index (χ1v) is 12.1. The van der Waals surface area contributed by atoms with Gasteiger partial charge in [-0.25, -0.2) is 9.97 Å². The van der Waals surface area contributed by atoms with Crippen LogP contribution in [0.4, 0.5) is 19.0 Å². The van der Waals surface area contributed by atoms with Crippen LogP contribution in [0.25, 0.3) is 10.2 Å². The van der Waals surface area contributed by atoms with E-state index in [0.29, 0.717) is 16.8 Å². The predicted octanol–water partition coefficient (Wildman–Crippen LogP) is 3.57. The third-order valence-electron chi connectivity index (χ3n) is 6.69. The molecule has 3 atom stereocenters. The highest BCUT2D eigenvalue weighted by Crippen LogP contribution is 2.36. The maximum Gasteiger partial charge on any atom is 0.393 e. The summed E-state index contributed by atoms with van der Waals surface area (Å²) in [5, 5.41) is 9.06. The molecule has 0 saturated carbocycles. The van der Waals surface area contributed by atoms with Crippen LogP contribution in [0.5, 0.6) is 0 Å². The molecule has 2 aliphatic rings. The third kappa shape index (κ3) is 4.99. The first-order valence-electron chi connectivity index (χ1n) is 11.3. The second kappa shape index (κ2) is 8.84. The molecule has 1 N–H and O–H groups in total. The Morgan fingerprint density at radius 3 is 2.82 bits per heavy atom. The number of rotatable bonds is 4. The minimum absolute atomic E-state index is 0.251. The van der Waals surface area contributed by atoms with Gasteiger partial charge in [-0.05, 0) is 37.8 Å². The van der Waals surface area contributed by atoms with Gasteiger partial charge in [0.2, 0.25) is 0 Å². The van der Waals surface area contributed by atoms with Crippen molar-refractivity contribution in [2.24, 2.45) is 13.0 Å². The molecule has 2 aliphatic heterocycles. The zero-order valence-corrected chi connectivity index (χ0v) is 19.5. The molecule has 3 aromatic heterocycles. The summed E-state index contributed by atoms with van der Waals surface area (Å²) in [4.78, 5) is 14.3. The lowest BCUT2D eigenvalue weighted by atomic mass is 9.89. The number of aryl methyl sites for hydroxylation is 1. The number of nitrogens with zero attached hydrogens (tertiary/aromatic N) is 6. The van der Waals surface area contributed by atoms with Crippen LogP contribution in [-0.2, 0) is 20.0 Å². The molecular weight excluding hydrogens is 451 g/mol. The molecule has 0 amide bonds. The Bertz CT molecular complexity index is 1110. The molecule has 0 spiro atoms. The molecule has 5 heterocycles. The molecule has 0 aromatic carbocycles. The van der Waals surface area contributed by atoms with Gasteiger partial charge in [-0.2, -0.15) is 18.3 Å². The maximum absolute atomic E-state index is 12.9. The molecule has 7 nitrogen and oxygen atoms in total. The zero-order chi connectivity index (χ0) is 23.2. The topological polar surface area (TPSA) is 62.1 Å². The number of halogens is 3. The standard InChI is InChI=1S/C22H28F3N7S/c1-14-28-19-5-8-32(11-15(19)3-7-31(14)12-16-4-6-30(2)29-16)20-18-9-17(10-22(23,24)25)33-21(18)27-13-26-20/h4,6,9,13-15,19,28H,3,5,7-8,10-12H2,1-2H3/t14-,15-,19-/m1/s1. The monoisotopic (exact) mass is 479 g/mol. The molecule has 0 radical (unpaired) electrons. The van der Waals surface area contributed by atoms with Crippen molar-refractivity contribution < 1.29 is 13.2 Å². The molecular formula is C22H28F3N7S. The fourth-order valence-corrected chi connectivity index (χ4v) is 6.10. The Kier molecular flexibility index (Phi) is 6.04. The largest absolute Gasteiger partial charge is 0.393 e. The van der Waals surface area contributed by atoms with Gasteiger partial charge in [0, 0.05) is 50.3 Å². The van der Waals surface area contributed by atoms with Crippen LogP contribution < -0.4 is 10.2 Å². The number of nitrogens with one attached hydrogen (secondary N) is 1. The summed E-state index contributed by atoms with van der Waals surface area (Å²) in [6, 6.07) is 4.09. The SMILES string of the molecule is C[C@@H]1N[C@@H]2CCN(c3ncnc4sc(CC(F)(F)F)cc34)C[C@H]2CCN1Cc1ccn(C)n1. The summed E-state index contributed by atoms with van der Waals surface area (Å²) in [7, 11) is 1.93. The summed E-state index contributed by atoms with van der Waals surface area (Å²) in [5.74, 6) is 1.19. The number of fused-ring (bicyclic) bond motifs is 2.